The van der Waals surface area contributed by atoms with Gasteiger partial charge in [0.1, 0.15) is 11.6 Å². The second kappa shape index (κ2) is 6.01. The molecule has 2 rings (SSSR count). The van der Waals surface area contributed by atoms with Gasteiger partial charge in [0.05, 0.1) is 0 Å². The standard InChI is InChI=1S/C16H22N4/c1-11(2)16-18-12(3)9-15(19-16)20(4)14-7-5-13(10-17)6-8-14/h5-9,11H,10,17H2,1-4H3. The lowest BCUT2D eigenvalue weighted by Gasteiger charge is -2.20. The first-order chi connectivity index (χ1) is 9.51. The van der Waals surface area contributed by atoms with Gasteiger partial charge in [0.15, 0.2) is 0 Å². The summed E-state index contributed by atoms with van der Waals surface area (Å²) in [6.07, 6.45) is 0. The number of rotatable bonds is 4. The Balaban J connectivity index is 2.34. The fourth-order valence-electron chi connectivity index (χ4n) is 1.99. The summed E-state index contributed by atoms with van der Waals surface area (Å²) < 4.78 is 0. The van der Waals surface area contributed by atoms with Gasteiger partial charge < -0.3 is 10.6 Å². The maximum atomic E-state index is 5.63. The molecule has 0 saturated heterocycles. The molecule has 1 aromatic carbocycles. The second-order valence-electron chi connectivity index (χ2n) is 5.31. The third kappa shape index (κ3) is 3.14. The predicted octanol–water partition coefficient (Wildman–Crippen LogP) is 3.14. The topological polar surface area (TPSA) is 55.0 Å². The van der Waals surface area contributed by atoms with E-state index in [1.165, 1.54) is 0 Å². The molecule has 20 heavy (non-hydrogen) atoms. The molecule has 4 nitrogen and oxygen atoms in total. The minimum Gasteiger partial charge on any atom is -0.329 e. The normalized spacial score (nSPS) is 10.9. The molecule has 0 fully saturated rings. The van der Waals surface area contributed by atoms with Crippen LogP contribution >= 0.6 is 0 Å². The van der Waals surface area contributed by atoms with E-state index in [-0.39, 0.29) is 0 Å². The molecule has 0 unspecified atom stereocenters. The van der Waals surface area contributed by atoms with Gasteiger partial charge in [-0.05, 0) is 24.6 Å². The lowest BCUT2D eigenvalue weighted by molar-refractivity contribution is 0.764. The monoisotopic (exact) mass is 270 g/mol. The lowest BCUT2D eigenvalue weighted by atomic mass is 10.2. The zero-order valence-corrected chi connectivity index (χ0v) is 12.6. The molecule has 0 radical (unpaired) electrons. The summed E-state index contributed by atoms with van der Waals surface area (Å²) in [5.74, 6) is 2.12. The molecule has 1 aromatic heterocycles. The van der Waals surface area contributed by atoms with Gasteiger partial charge in [0.25, 0.3) is 0 Å². The maximum Gasteiger partial charge on any atom is 0.136 e. The number of nitrogens with two attached hydrogens (primary N) is 1. The van der Waals surface area contributed by atoms with Gasteiger partial charge in [-0.3, -0.25) is 0 Å². The van der Waals surface area contributed by atoms with Crippen LogP contribution in [0.25, 0.3) is 0 Å². The number of hydrogen-bond donors (Lipinski definition) is 1. The van der Waals surface area contributed by atoms with Crippen LogP contribution in [0.4, 0.5) is 11.5 Å². The van der Waals surface area contributed by atoms with Gasteiger partial charge in [0, 0.05) is 37.0 Å². The number of aromatic nitrogens is 2. The average molecular weight is 270 g/mol. The first-order valence-corrected chi connectivity index (χ1v) is 6.89. The fraction of sp³-hybridized carbons (Fsp3) is 0.375. The molecule has 1 heterocycles. The van der Waals surface area contributed by atoms with Crippen molar-refractivity contribution in [2.24, 2.45) is 5.73 Å². The van der Waals surface area contributed by atoms with Crippen molar-refractivity contribution in [3.63, 3.8) is 0 Å². The van der Waals surface area contributed by atoms with Crippen LogP contribution < -0.4 is 10.6 Å². The second-order valence-corrected chi connectivity index (χ2v) is 5.31. The Bertz CT molecular complexity index is 576. The number of benzene rings is 1. The molecule has 0 aliphatic carbocycles. The van der Waals surface area contributed by atoms with Crippen molar-refractivity contribution in [2.75, 3.05) is 11.9 Å². The highest BCUT2D eigenvalue weighted by Gasteiger charge is 2.10. The summed E-state index contributed by atoms with van der Waals surface area (Å²) in [6.45, 7) is 6.78. The van der Waals surface area contributed by atoms with Crippen LogP contribution in [0.2, 0.25) is 0 Å². The van der Waals surface area contributed by atoms with Gasteiger partial charge in [-0.1, -0.05) is 26.0 Å². The van der Waals surface area contributed by atoms with Gasteiger partial charge in [0.2, 0.25) is 0 Å². The zero-order valence-electron chi connectivity index (χ0n) is 12.6. The largest absolute Gasteiger partial charge is 0.329 e. The van der Waals surface area contributed by atoms with E-state index in [1.54, 1.807) is 0 Å². The summed E-state index contributed by atoms with van der Waals surface area (Å²) in [6, 6.07) is 10.2. The molecule has 0 atom stereocenters. The van der Waals surface area contributed by atoms with Gasteiger partial charge in [-0.2, -0.15) is 0 Å². The van der Waals surface area contributed by atoms with Crippen LogP contribution in [0.1, 0.15) is 36.8 Å². The Morgan fingerprint density at radius 2 is 1.80 bits per heavy atom. The Kier molecular flexibility index (Phi) is 4.35. The molecular weight excluding hydrogens is 248 g/mol. The minimum absolute atomic E-state index is 0.321. The average Bonchev–Trinajstić information content (AvgIpc) is 2.46. The molecule has 2 aromatic rings. The van der Waals surface area contributed by atoms with Gasteiger partial charge in [-0.25, -0.2) is 9.97 Å². The van der Waals surface area contributed by atoms with Crippen LogP contribution in [-0.4, -0.2) is 17.0 Å². The van der Waals surface area contributed by atoms with Gasteiger partial charge >= 0.3 is 0 Å². The summed E-state index contributed by atoms with van der Waals surface area (Å²) >= 11 is 0. The highest BCUT2D eigenvalue weighted by atomic mass is 15.2. The first-order valence-electron chi connectivity index (χ1n) is 6.89. The molecule has 0 aliphatic heterocycles. The Labute approximate surface area is 120 Å². The van der Waals surface area contributed by atoms with Crippen LogP contribution in [0.5, 0.6) is 0 Å². The van der Waals surface area contributed by atoms with Crippen LogP contribution in [0.3, 0.4) is 0 Å². The van der Waals surface area contributed by atoms with E-state index >= 15 is 0 Å². The smallest absolute Gasteiger partial charge is 0.136 e. The van der Waals surface area contributed by atoms with Crippen molar-refractivity contribution in [3.05, 3.63) is 47.4 Å². The summed E-state index contributed by atoms with van der Waals surface area (Å²) in [7, 11) is 2.02. The molecule has 0 spiro atoms. The lowest BCUT2D eigenvalue weighted by Crippen LogP contribution is -2.14. The Morgan fingerprint density at radius 3 is 2.35 bits per heavy atom. The SMILES string of the molecule is Cc1cc(N(C)c2ccc(CN)cc2)nc(C(C)C)n1. The van der Waals surface area contributed by atoms with E-state index in [9.17, 15) is 0 Å². The molecule has 106 valence electrons. The molecule has 0 amide bonds. The number of hydrogen-bond acceptors (Lipinski definition) is 4. The van der Waals surface area contributed by atoms with Crippen molar-refractivity contribution in [1.29, 1.82) is 0 Å². The van der Waals surface area contributed by atoms with Crippen LogP contribution in [0.15, 0.2) is 30.3 Å². The highest BCUT2D eigenvalue weighted by molar-refractivity contribution is 5.59. The van der Waals surface area contributed by atoms with E-state index in [1.807, 2.05) is 32.2 Å². The van der Waals surface area contributed by atoms with Crippen molar-refractivity contribution in [3.8, 4) is 0 Å². The highest BCUT2D eigenvalue weighted by Crippen LogP contribution is 2.24. The Hall–Kier alpha value is -1.94. The van der Waals surface area contributed by atoms with E-state index in [0.29, 0.717) is 12.5 Å². The zero-order chi connectivity index (χ0) is 14.7. The van der Waals surface area contributed by atoms with Crippen molar-refractivity contribution in [1.82, 2.24) is 9.97 Å². The Morgan fingerprint density at radius 1 is 1.15 bits per heavy atom. The van der Waals surface area contributed by atoms with Gasteiger partial charge in [-0.15, -0.1) is 0 Å². The van der Waals surface area contributed by atoms with E-state index in [4.69, 9.17) is 5.73 Å². The predicted molar refractivity (Wildman–Crippen MR) is 83.3 cm³/mol. The van der Waals surface area contributed by atoms with Crippen LogP contribution in [0, 0.1) is 6.92 Å². The van der Waals surface area contributed by atoms with Crippen molar-refractivity contribution in [2.45, 2.75) is 33.2 Å². The molecule has 0 bridgehead atoms. The molecule has 2 N–H and O–H groups in total. The summed E-state index contributed by atoms with van der Waals surface area (Å²) in [4.78, 5) is 11.2. The number of anilines is 2. The molecule has 4 heteroatoms. The van der Waals surface area contributed by atoms with Crippen molar-refractivity contribution < 1.29 is 0 Å². The van der Waals surface area contributed by atoms with Crippen molar-refractivity contribution >= 4 is 11.5 Å². The third-order valence-electron chi connectivity index (χ3n) is 3.28. The first kappa shape index (κ1) is 14.5. The maximum absolute atomic E-state index is 5.63. The third-order valence-corrected chi connectivity index (χ3v) is 3.28. The number of aryl methyl sites for hydroxylation is 1. The fourth-order valence-corrected chi connectivity index (χ4v) is 1.99. The van der Waals surface area contributed by atoms with E-state index in [0.717, 1.165) is 28.6 Å². The summed E-state index contributed by atoms with van der Waals surface area (Å²) in [5, 5.41) is 0. The van der Waals surface area contributed by atoms with E-state index < -0.39 is 0 Å². The van der Waals surface area contributed by atoms with Crippen LogP contribution in [-0.2, 0) is 6.54 Å². The minimum atomic E-state index is 0.321. The van der Waals surface area contributed by atoms with E-state index in [2.05, 4.69) is 40.8 Å². The molecule has 0 saturated carbocycles. The summed E-state index contributed by atoms with van der Waals surface area (Å²) in [5.41, 5.74) is 8.84. The quantitative estimate of drug-likeness (QED) is 0.927. The number of nitrogens with zero attached hydrogens (tertiary/aromatic N) is 3. The molecule has 0 aliphatic rings. The molecular formula is C16H22N4.